The molecule has 0 N–H and O–H groups in total. The van der Waals surface area contributed by atoms with Gasteiger partial charge in [-0.1, -0.05) is 13.8 Å². The van der Waals surface area contributed by atoms with Gasteiger partial charge in [-0.25, -0.2) is 13.9 Å². The molecular formula is C18H21FN2O4. The van der Waals surface area contributed by atoms with E-state index in [0.29, 0.717) is 11.3 Å². The number of methoxy groups -OCH3 is 2. The van der Waals surface area contributed by atoms with Gasteiger partial charge >= 0.3 is 5.97 Å². The molecule has 7 heteroatoms. The molecule has 6 nitrogen and oxygen atoms in total. The summed E-state index contributed by atoms with van der Waals surface area (Å²) in [6.45, 7) is 5.68. The molecular weight excluding hydrogens is 327 g/mol. The molecule has 1 aromatic carbocycles. The molecule has 25 heavy (non-hydrogen) atoms. The van der Waals surface area contributed by atoms with E-state index < -0.39 is 11.8 Å². The third-order valence-electron chi connectivity index (χ3n) is 3.52. The van der Waals surface area contributed by atoms with Crippen LogP contribution in [0.5, 0.6) is 5.75 Å². The predicted octanol–water partition coefficient (Wildman–Crippen LogP) is 3.48. The fourth-order valence-electron chi connectivity index (χ4n) is 2.15. The summed E-state index contributed by atoms with van der Waals surface area (Å²) in [5, 5.41) is 4.37. The molecule has 0 saturated heterocycles. The zero-order valence-electron chi connectivity index (χ0n) is 14.9. The molecule has 2 aromatic rings. The van der Waals surface area contributed by atoms with Crippen LogP contribution in [0.15, 0.2) is 36.4 Å². The number of hydrogen-bond donors (Lipinski definition) is 0. The van der Waals surface area contributed by atoms with Crippen LogP contribution in [0.3, 0.4) is 0 Å². The number of carbonyl (C=O) groups is 1. The van der Waals surface area contributed by atoms with Crippen molar-refractivity contribution in [2.45, 2.75) is 26.7 Å². The third kappa shape index (κ3) is 4.17. The SMILES string of the molecule is CO/C=C(\Oc1cc(-n2ccc(C(C)C)n2)c(F)cc1C)C(=O)OC. The Morgan fingerprint density at radius 2 is 2.04 bits per heavy atom. The molecule has 0 aliphatic carbocycles. The molecule has 0 bridgehead atoms. The Morgan fingerprint density at radius 1 is 1.32 bits per heavy atom. The summed E-state index contributed by atoms with van der Waals surface area (Å²) in [5.74, 6) is -0.770. The maximum Gasteiger partial charge on any atom is 0.377 e. The van der Waals surface area contributed by atoms with E-state index in [2.05, 4.69) is 9.84 Å². The maximum absolute atomic E-state index is 14.4. The minimum Gasteiger partial charge on any atom is -0.500 e. The van der Waals surface area contributed by atoms with Gasteiger partial charge in [-0.15, -0.1) is 0 Å². The summed E-state index contributed by atoms with van der Waals surface area (Å²) in [6.07, 6.45) is 2.80. The van der Waals surface area contributed by atoms with Crippen molar-refractivity contribution < 1.29 is 23.4 Å². The normalized spacial score (nSPS) is 11.6. The Bertz CT molecular complexity index is 796. The Morgan fingerprint density at radius 3 is 2.60 bits per heavy atom. The van der Waals surface area contributed by atoms with E-state index in [1.807, 2.05) is 19.9 Å². The second kappa shape index (κ2) is 7.83. The summed E-state index contributed by atoms with van der Waals surface area (Å²) in [4.78, 5) is 11.7. The maximum atomic E-state index is 14.4. The molecule has 0 saturated carbocycles. The second-order valence-electron chi connectivity index (χ2n) is 5.72. The number of nitrogens with zero attached hydrogens (tertiary/aromatic N) is 2. The van der Waals surface area contributed by atoms with Gasteiger partial charge in [0, 0.05) is 12.3 Å². The quantitative estimate of drug-likeness (QED) is 0.454. The van der Waals surface area contributed by atoms with E-state index in [1.54, 1.807) is 13.1 Å². The number of rotatable bonds is 6. The van der Waals surface area contributed by atoms with Gasteiger partial charge in [0.2, 0.25) is 5.76 Å². The predicted molar refractivity (Wildman–Crippen MR) is 90.1 cm³/mol. The fourth-order valence-corrected chi connectivity index (χ4v) is 2.15. The second-order valence-corrected chi connectivity index (χ2v) is 5.72. The molecule has 0 radical (unpaired) electrons. The van der Waals surface area contributed by atoms with Crippen molar-refractivity contribution in [3.8, 4) is 11.4 Å². The van der Waals surface area contributed by atoms with Gasteiger partial charge in [0.05, 0.1) is 19.9 Å². The number of ether oxygens (including phenoxy) is 3. The standard InChI is InChI=1S/C18H21FN2O4/c1-11(2)14-6-7-21(20-14)15-9-16(12(3)8-13(15)19)25-17(10-23-4)18(22)24-5/h6-11H,1-5H3/b17-10-. The summed E-state index contributed by atoms with van der Waals surface area (Å²) >= 11 is 0. The molecule has 0 fully saturated rings. The van der Waals surface area contributed by atoms with Crippen molar-refractivity contribution in [1.29, 1.82) is 0 Å². The summed E-state index contributed by atoms with van der Waals surface area (Å²) in [5.41, 5.74) is 1.58. The first-order chi connectivity index (χ1) is 11.9. The van der Waals surface area contributed by atoms with Gasteiger partial charge in [0.25, 0.3) is 0 Å². The van der Waals surface area contributed by atoms with Crippen molar-refractivity contribution in [1.82, 2.24) is 9.78 Å². The lowest BCUT2D eigenvalue weighted by Gasteiger charge is -2.13. The van der Waals surface area contributed by atoms with E-state index in [4.69, 9.17) is 9.47 Å². The van der Waals surface area contributed by atoms with E-state index in [0.717, 1.165) is 12.0 Å². The molecule has 134 valence electrons. The average Bonchev–Trinajstić information content (AvgIpc) is 3.05. The largest absolute Gasteiger partial charge is 0.500 e. The van der Waals surface area contributed by atoms with Crippen molar-refractivity contribution in [3.05, 3.63) is 53.5 Å². The van der Waals surface area contributed by atoms with Crippen LogP contribution >= 0.6 is 0 Å². The minimum atomic E-state index is -0.701. The molecule has 1 heterocycles. The summed E-state index contributed by atoms with van der Waals surface area (Å²) in [7, 11) is 2.61. The number of hydrogen-bond acceptors (Lipinski definition) is 5. The number of aromatic nitrogens is 2. The van der Waals surface area contributed by atoms with Gasteiger partial charge in [-0.2, -0.15) is 5.10 Å². The smallest absolute Gasteiger partial charge is 0.377 e. The van der Waals surface area contributed by atoms with Crippen molar-refractivity contribution >= 4 is 5.97 Å². The van der Waals surface area contributed by atoms with E-state index in [1.165, 1.54) is 31.0 Å². The average molecular weight is 348 g/mol. The van der Waals surface area contributed by atoms with Crippen molar-refractivity contribution in [2.24, 2.45) is 0 Å². The van der Waals surface area contributed by atoms with Crippen LogP contribution in [0.25, 0.3) is 5.69 Å². The van der Waals surface area contributed by atoms with Gasteiger partial charge in [-0.3, -0.25) is 0 Å². The minimum absolute atomic E-state index is 0.144. The lowest BCUT2D eigenvalue weighted by atomic mass is 10.1. The first-order valence-corrected chi connectivity index (χ1v) is 7.72. The van der Waals surface area contributed by atoms with Crippen LogP contribution in [0.1, 0.15) is 31.0 Å². The summed E-state index contributed by atoms with van der Waals surface area (Å²) < 4.78 is 30.9. The van der Waals surface area contributed by atoms with Crippen LogP contribution < -0.4 is 4.74 Å². The number of aryl methyl sites for hydroxylation is 1. The lowest BCUT2D eigenvalue weighted by molar-refractivity contribution is -0.138. The Hall–Kier alpha value is -2.83. The monoisotopic (exact) mass is 348 g/mol. The van der Waals surface area contributed by atoms with Gasteiger partial charge < -0.3 is 14.2 Å². The van der Waals surface area contributed by atoms with Gasteiger partial charge in [-0.05, 0) is 30.5 Å². The Labute approximate surface area is 145 Å². The topological polar surface area (TPSA) is 62.6 Å². The van der Waals surface area contributed by atoms with E-state index in [9.17, 15) is 9.18 Å². The number of halogens is 1. The van der Waals surface area contributed by atoms with Gasteiger partial charge in [0.1, 0.15) is 23.5 Å². The highest BCUT2D eigenvalue weighted by molar-refractivity contribution is 5.86. The summed E-state index contributed by atoms with van der Waals surface area (Å²) in [6, 6.07) is 4.63. The van der Waals surface area contributed by atoms with Crippen LogP contribution in [0.4, 0.5) is 4.39 Å². The molecule has 0 aliphatic rings. The third-order valence-corrected chi connectivity index (χ3v) is 3.52. The molecule has 0 atom stereocenters. The highest BCUT2D eigenvalue weighted by Crippen LogP contribution is 2.27. The van der Waals surface area contributed by atoms with Crippen molar-refractivity contribution in [2.75, 3.05) is 14.2 Å². The molecule has 2 rings (SSSR count). The first-order valence-electron chi connectivity index (χ1n) is 7.72. The Kier molecular flexibility index (Phi) is 5.80. The van der Waals surface area contributed by atoms with E-state index in [-0.39, 0.29) is 17.4 Å². The first kappa shape index (κ1) is 18.5. The number of carbonyl (C=O) groups excluding carboxylic acids is 1. The highest BCUT2D eigenvalue weighted by atomic mass is 19.1. The lowest BCUT2D eigenvalue weighted by Crippen LogP contribution is -2.12. The Balaban J connectivity index is 2.43. The molecule has 0 aliphatic heterocycles. The van der Waals surface area contributed by atoms with Crippen LogP contribution in [-0.4, -0.2) is 30.0 Å². The van der Waals surface area contributed by atoms with Crippen LogP contribution in [0.2, 0.25) is 0 Å². The number of benzene rings is 1. The molecule has 0 amide bonds. The molecule has 0 spiro atoms. The van der Waals surface area contributed by atoms with E-state index >= 15 is 0 Å². The number of esters is 1. The molecule has 1 aromatic heterocycles. The van der Waals surface area contributed by atoms with Gasteiger partial charge in [0.15, 0.2) is 0 Å². The zero-order chi connectivity index (χ0) is 18.6. The van der Waals surface area contributed by atoms with Crippen molar-refractivity contribution in [3.63, 3.8) is 0 Å². The fraction of sp³-hybridized carbons (Fsp3) is 0.333. The van der Waals surface area contributed by atoms with Crippen LogP contribution in [0, 0.1) is 12.7 Å². The van der Waals surface area contributed by atoms with Crippen LogP contribution in [-0.2, 0) is 14.3 Å². The molecule has 0 unspecified atom stereocenters. The zero-order valence-corrected chi connectivity index (χ0v) is 14.9. The highest BCUT2D eigenvalue weighted by Gasteiger charge is 2.18.